The van der Waals surface area contributed by atoms with Crippen molar-refractivity contribution in [3.05, 3.63) is 47.5 Å². The molecule has 1 aromatic carbocycles. The molecule has 1 N–H and O–H groups in total. The number of fused-ring (bicyclic) bond motifs is 1. The van der Waals surface area contributed by atoms with Crippen molar-refractivity contribution in [2.24, 2.45) is 9.98 Å². The topological polar surface area (TPSA) is 73.2 Å². The molecule has 0 unspecified atom stereocenters. The van der Waals surface area contributed by atoms with Crippen LogP contribution in [0, 0.1) is 0 Å². The lowest BCUT2D eigenvalue weighted by molar-refractivity contribution is 0.101. The maximum atomic E-state index is 12.7. The summed E-state index contributed by atoms with van der Waals surface area (Å²) in [5.41, 5.74) is 2.36. The molecule has 2 aromatic heterocycles. The van der Waals surface area contributed by atoms with Gasteiger partial charge in [0, 0.05) is 40.1 Å². The number of hydrogen-bond donors (Lipinski definition) is 1. The molecular weight excluding hydrogens is 372 g/mol. The minimum absolute atomic E-state index is 0.340. The maximum Gasteiger partial charge on any atom is 0.290 e. The minimum Gasteiger partial charge on any atom is -0.369 e. The molecule has 28 heavy (non-hydrogen) atoms. The van der Waals surface area contributed by atoms with Gasteiger partial charge in [0.1, 0.15) is 15.4 Å². The summed E-state index contributed by atoms with van der Waals surface area (Å²) in [5.74, 6) is -0.340. The predicted molar refractivity (Wildman–Crippen MR) is 118 cm³/mol. The fourth-order valence-electron chi connectivity index (χ4n) is 2.46. The van der Waals surface area contributed by atoms with E-state index >= 15 is 0 Å². The summed E-state index contributed by atoms with van der Waals surface area (Å²) in [6, 6.07) is 11.7. The second kappa shape index (κ2) is 8.62. The quantitative estimate of drug-likeness (QED) is 0.505. The number of amides is 1. The summed E-state index contributed by atoms with van der Waals surface area (Å²) in [7, 11) is 7.39. The van der Waals surface area contributed by atoms with Crippen LogP contribution in [0.1, 0.15) is 9.67 Å². The molecule has 0 spiro atoms. The lowest BCUT2D eigenvalue weighted by Crippen LogP contribution is -2.09. The molecule has 2 heterocycles. The normalized spacial score (nSPS) is 11.4. The fraction of sp³-hybridized carbons (Fsp3) is 0.200. The highest BCUT2D eigenvalue weighted by Gasteiger charge is 2.21. The number of carbonyl (C=O) groups is 1. The third-order valence-corrected chi connectivity index (χ3v) is 4.71. The van der Waals surface area contributed by atoms with Crippen LogP contribution in [0.15, 0.2) is 52.6 Å². The van der Waals surface area contributed by atoms with Gasteiger partial charge in [0.05, 0.1) is 23.8 Å². The second-order valence-electron chi connectivity index (χ2n) is 6.53. The Balaban J connectivity index is 2.14. The summed E-state index contributed by atoms with van der Waals surface area (Å²) in [5, 5.41) is 4.20. The number of pyridine rings is 1. The van der Waals surface area contributed by atoms with Gasteiger partial charge in [-0.2, -0.15) is 4.99 Å². The lowest BCUT2D eigenvalue weighted by atomic mass is 10.2. The molecule has 0 saturated carbocycles. The van der Waals surface area contributed by atoms with Crippen LogP contribution in [0.25, 0.3) is 10.2 Å². The summed E-state index contributed by atoms with van der Waals surface area (Å²) in [6.07, 6.45) is 4.89. The number of hydrogen-bond acceptors (Lipinski definition) is 5. The van der Waals surface area contributed by atoms with Crippen molar-refractivity contribution in [3.8, 4) is 0 Å². The van der Waals surface area contributed by atoms with E-state index in [9.17, 15) is 4.79 Å². The van der Waals surface area contributed by atoms with Gasteiger partial charge in [-0.15, -0.1) is 11.3 Å². The summed E-state index contributed by atoms with van der Waals surface area (Å²) in [6.45, 7) is 0. The van der Waals surface area contributed by atoms with Gasteiger partial charge >= 0.3 is 0 Å². The molecule has 0 aliphatic carbocycles. The number of benzene rings is 1. The average Bonchev–Trinajstić information content (AvgIpc) is 3.05. The standard InChI is InChI=1S/C20H22N6OS/c1-25(2)12-22-17-16-15(24-14-8-6-5-7-9-14)10-11-21-20(16)28-18(17)19(27)23-13-26(3)4/h5-13H,1-4H3,(H,21,24). The molecule has 0 aliphatic heterocycles. The number of aliphatic imine (C=N–C) groups is 2. The molecule has 144 valence electrons. The highest BCUT2D eigenvalue weighted by Crippen LogP contribution is 2.42. The SMILES string of the molecule is CN(C)C=NC(=O)c1sc2nccc(Nc3ccccc3)c2c1N=CN(C)C. The Labute approximate surface area is 168 Å². The molecule has 8 heteroatoms. The third kappa shape index (κ3) is 4.52. The third-order valence-electron chi connectivity index (χ3n) is 3.64. The molecule has 0 atom stereocenters. The number of rotatable bonds is 6. The number of carbonyl (C=O) groups excluding carboxylic acids is 1. The van der Waals surface area contributed by atoms with Crippen molar-refractivity contribution in [1.29, 1.82) is 0 Å². The maximum absolute atomic E-state index is 12.7. The fourth-order valence-corrected chi connectivity index (χ4v) is 3.46. The van der Waals surface area contributed by atoms with Gasteiger partial charge in [-0.05, 0) is 18.2 Å². The number of anilines is 2. The van der Waals surface area contributed by atoms with E-state index in [0.29, 0.717) is 10.6 Å². The number of para-hydroxylation sites is 1. The van der Waals surface area contributed by atoms with Crippen LogP contribution in [0.2, 0.25) is 0 Å². The molecule has 0 bridgehead atoms. The van der Waals surface area contributed by atoms with Gasteiger partial charge in [0.15, 0.2) is 0 Å². The number of aromatic nitrogens is 1. The van der Waals surface area contributed by atoms with Crippen LogP contribution in [-0.4, -0.2) is 61.6 Å². The first kappa shape index (κ1) is 19.5. The van der Waals surface area contributed by atoms with Crippen molar-refractivity contribution in [2.75, 3.05) is 33.5 Å². The van der Waals surface area contributed by atoms with E-state index in [1.54, 1.807) is 17.4 Å². The number of nitrogens with one attached hydrogen (secondary N) is 1. The van der Waals surface area contributed by atoms with E-state index in [0.717, 1.165) is 21.6 Å². The Morgan fingerprint density at radius 1 is 1.07 bits per heavy atom. The van der Waals surface area contributed by atoms with Crippen LogP contribution in [-0.2, 0) is 0 Å². The van der Waals surface area contributed by atoms with Crippen LogP contribution >= 0.6 is 11.3 Å². The smallest absolute Gasteiger partial charge is 0.290 e. The Kier molecular flexibility index (Phi) is 6.00. The van der Waals surface area contributed by atoms with Crippen molar-refractivity contribution < 1.29 is 4.79 Å². The Morgan fingerprint density at radius 3 is 2.46 bits per heavy atom. The Bertz CT molecular complexity index is 1020. The monoisotopic (exact) mass is 394 g/mol. The van der Waals surface area contributed by atoms with E-state index in [1.165, 1.54) is 17.7 Å². The Hall–Kier alpha value is -3.26. The highest BCUT2D eigenvalue weighted by atomic mass is 32.1. The van der Waals surface area contributed by atoms with Crippen LogP contribution in [0.3, 0.4) is 0 Å². The summed E-state index contributed by atoms with van der Waals surface area (Å²) < 4.78 is 0. The zero-order chi connectivity index (χ0) is 20.1. The molecule has 0 fully saturated rings. The molecule has 7 nitrogen and oxygen atoms in total. The zero-order valence-electron chi connectivity index (χ0n) is 16.2. The molecule has 0 saturated heterocycles. The molecule has 3 rings (SSSR count). The largest absolute Gasteiger partial charge is 0.369 e. The molecule has 0 radical (unpaired) electrons. The van der Waals surface area contributed by atoms with E-state index in [-0.39, 0.29) is 5.91 Å². The number of thiophene rings is 1. The number of nitrogens with zero attached hydrogens (tertiary/aromatic N) is 5. The average molecular weight is 395 g/mol. The van der Waals surface area contributed by atoms with Crippen molar-refractivity contribution >= 4 is 57.2 Å². The molecular formula is C20H22N6OS. The van der Waals surface area contributed by atoms with Crippen molar-refractivity contribution in [3.63, 3.8) is 0 Å². The van der Waals surface area contributed by atoms with Gasteiger partial charge in [-0.3, -0.25) is 4.79 Å². The first-order valence-corrected chi connectivity index (χ1v) is 9.46. The molecule has 0 aliphatic rings. The van der Waals surface area contributed by atoms with Gasteiger partial charge in [0.25, 0.3) is 5.91 Å². The van der Waals surface area contributed by atoms with Gasteiger partial charge < -0.3 is 15.1 Å². The predicted octanol–water partition coefficient (Wildman–Crippen LogP) is 3.99. The van der Waals surface area contributed by atoms with Crippen molar-refractivity contribution in [2.45, 2.75) is 0 Å². The van der Waals surface area contributed by atoms with Gasteiger partial charge in [0.2, 0.25) is 0 Å². The molecule has 3 aromatic rings. The van der Waals surface area contributed by atoms with Crippen LogP contribution in [0.5, 0.6) is 0 Å². The van der Waals surface area contributed by atoms with E-state index < -0.39 is 0 Å². The van der Waals surface area contributed by atoms with Gasteiger partial charge in [-0.25, -0.2) is 9.98 Å². The highest BCUT2D eigenvalue weighted by molar-refractivity contribution is 7.21. The van der Waals surface area contributed by atoms with Crippen molar-refractivity contribution in [1.82, 2.24) is 14.8 Å². The van der Waals surface area contributed by atoms with E-state index in [1.807, 2.05) is 69.5 Å². The van der Waals surface area contributed by atoms with Gasteiger partial charge in [-0.1, -0.05) is 18.2 Å². The van der Waals surface area contributed by atoms with Crippen LogP contribution < -0.4 is 5.32 Å². The first-order chi connectivity index (χ1) is 13.5. The van der Waals surface area contributed by atoms with E-state index in [4.69, 9.17) is 0 Å². The van der Waals surface area contributed by atoms with Crippen LogP contribution in [0.4, 0.5) is 17.1 Å². The summed E-state index contributed by atoms with van der Waals surface area (Å²) >= 11 is 1.29. The lowest BCUT2D eigenvalue weighted by Gasteiger charge is -2.09. The first-order valence-electron chi connectivity index (χ1n) is 8.65. The summed E-state index contributed by atoms with van der Waals surface area (Å²) in [4.78, 5) is 30.5. The second-order valence-corrected chi connectivity index (χ2v) is 7.53. The Morgan fingerprint density at radius 2 is 1.79 bits per heavy atom. The minimum atomic E-state index is -0.340. The molecule has 1 amide bonds. The van der Waals surface area contributed by atoms with E-state index in [2.05, 4.69) is 20.3 Å². The zero-order valence-corrected chi connectivity index (χ0v) is 17.1.